The average molecular weight is 168 g/mol. The Balaban J connectivity index is 2.63. The minimum atomic E-state index is -3.74. The molecule has 0 spiro atoms. The van der Waals surface area contributed by atoms with Crippen molar-refractivity contribution in [1.29, 1.82) is 0 Å². The summed E-state index contributed by atoms with van der Waals surface area (Å²) in [5, 5.41) is 0. The molecule has 54 valence electrons. The lowest BCUT2D eigenvalue weighted by atomic mass is 10.4. The maximum Gasteiger partial charge on any atom is 0.277 e. The summed E-state index contributed by atoms with van der Waals surface area (Å²) < 4.78 is 28.7. The van der Waals surface area contributed by atoms with Crippen LogP contribution in [0.25, 0.3) is 0 Å². The third-order valence-electron chi connectivity index (χ3n) is 1.22. The van der Waals surface area contributed by atoms with Crippen molar-refractivity contribution < 1.29 is 13.0 Å². The Labute approximate surface area is 58.6 Å². The van der Waals surface area contributed by atoms with E-state index in [0.29, 0.717) is 6.42 Å². The molecule has 0 aromatic carbocycles. The predicted molar refractivity (Wildman–Crippen MR) is 37.0 cm³/mol. The van der Waals surface area contributed by atoms with Gasteiger partial charge >= 0.3 is 0 Å². The van der Waals surface area contributed by atoms with Crippen LogP contribution in [0.2, 0.25) is 0 Å². The Bertz CT molecular complexity index is 178. The quantitative estimate of drug-likeness (QED) is 0.586. The van der Waals surface area contributed by atoms with Crippen molar-refractivity contribution in [2.24, 2.45) is 0 Å². The largest absolute Gasteiger partial charge is 0.285 e. The molecule has 1 fully saturated rings. The molecule has 0 saturated carbocycles. The van der Waals surface area contributed by atoms with Crippen molar-refractivity contribution in [2.45, 2.75) is 17.4 Å². The lowest BCUT2D eigenvalue weighted by Crippen LogP contribution is -2.12. The van der Waals surface area contributed by atoms with Crippen LogP contribution in [0.15, 0.2) is 0 Å². The van der Waals surface area contributed by atoms with E-state index in [9.17, 15) is 8.42 Å². The molecule has 1 heterocycles. The summed E-state index contributed by atoms with van der Waals surface area (Å²) in [6.45, 7) is 0. The average Bonchev–Trinajstić information content (AvgIpc) is 2.08. The molecule has 0 bridgehead atoms. The van der Waals surface area contributed by atoms with E-state index in [1.165, 1.54) is 11.8 Å². The summed E-state index contributed by atoms with van der Waals surface area (Å²) in [6.07, 6.45) is 1.50. The Morgan fingerprint density at radius 2 is 2.22 bits per heavy atom. The van der Waals surface area contributed by atoms with Gasteiger partial charge in [0.1, 0.15) is 4.58 Å². The van der Waals surface area contributed by atoms with E-state index < -0.39 is 14.7 Å². The molecule has 0 aliphatic carbocycles. The third-order valence-corrected chi connectivity index (χ3v) is 4.39. The maximum absolute atomic E-state index is 10.4. The number of hydrogen-bond acceptors (Lipinski definition) is 3. The van der Waals surface area contributed by atoms with Gasteiger partial charge in [0.15, 0.2) is 0 Å². The summed E-state index contributed by atoms with van der Waals surface area (Å²) in [5.74, 6) is 0.852. The SMILES string of the molecule is O=S(=O)(O)C1CCCS1. The molecule has 0 amide bonds. The molecule has 1 N–H and O–H groups in total. The fourth-order valence-corrected chi connectivity index (χ4v) is 3.15. The van der Waals surface area contributed by atoms with Crippen molar-refractivity contribution in [2.75, 3.05) is 5.75 Å². The first-order valence-corrected chi connectivity index (χ1v) is 5.24. The normalized spacial score (nSPS) is 28.8. The van der Waals surface area contributed by atoms with Gasteiger partial charge in [0.2, 0.25) is 0 Å². The first-order valence-electron chi connectivity index (χ1n) is 2.68. The van der Waals surface area contributed by atoms with E-state index >= 15 is 0 Å². The van der Waals surface area contributed by atoms with Crippen LogP contribution >= 0.6 is 11.8 Å². The number of thioether (sulfide) groups is 1. The second kappa shape index (κ2) is 2.48. The fraction of sp³-hybridized carbons (Fsp3) is 1.00. The van der Waals surface area contributed by atoms with Gasteiger partial charge < -0.3 is 0 Å². The van der Waals surface area contributed by atoms with Crippen LogP contribution in [0.5, 0.6) is 0 Å². The van der Waals surface area contributed by atoms with E-state index in [-0.39, 0.29) is 0 Å². The van der Waals surface area contributed by atoms with Gasteiger partial charge in [-0.3, -0.25) is 4.55 Å². The number of hydrogen-bond donors (Lipinski definition) is 1. The highest BCUT2D eigenvalue weighted by Gasteiger charge is 2.26. The summed E-state index contributed by atoms with van der Waals surface area (Å²) in [5.41, 5.74) is 0. The van der Waals surface area contributed by atoms with Gasteiger partial charge in [0, 0.05) is 0 Å². The van der Waals surface area contributed by atoms with Gasteiger partial charge in [0.05, 0.1) is 0 Å². The minimum absolute atomic E-state index is 0.544. The highest BCUT2D eigenvalue weighted by Crippen LogP contribution is 2.29. The van der Waals surface area contributed by atoms with Crippen LogP contribution in [0.1, 0.15) is 12.8 Å². The van der Waals surface area contributed by atoms with E-state index in [4.69, 9.17) is 4.55 Å². The van der Waals surface area contributed by atoms with E-state index in [2.05, 4.69) is 0 Å². The second-order valence-electron chi connectivity index (χ2n) is 1.96. The van der Waals surface area contributed by atoms with Gasteiger partial charge in [-0.05, 0) is 18.6 Å². The standard InChI is InChI=1S/C4H8O3S2/c5-9(6,7)4-2-1-3-8-4/h4H,1-3H2,(H,5,6,7). The van der Waals surface area contributed by atoms with Crippen LogP contribution in [0, 0.1) is 0 Å². The molecule has 3 nitrogen and oxygen atoms in total. The Morgan fingerprint density at radius 3 is 2.44 bits per heavy atom. The Kier molecular flexibility index (Phi) is 2.03. The first-order chi connectivity index (χ1) is 4.11. The summed E-state index contributed by atoms with van der Waals surface area (Å²) in [7, 11) is -3.74. The van der Waals surface area contributed by atoms with E-state index in [1.807, 2.05) is 0 Å². The van der Waals surface area contributed by atoms with Gasteiger partial charge in [-0.2, -0.15) is 8.42 Å². The van der Waals surface area contributed by atoms with Crippen molar-refractivity contribution in [3.63, 3.8) is 0 Å². The molecule has 1 unspecified atom stereocenters. The molecule has 0 aromatic rings. The zero-order valence-corrected chi connectivity index (χ0v) is 6.41. The van der Waals surface area contributed by atoms with Crippen LogP contribution in [-0.2, 0) is 10.1 Å². The highest BCUT2D eigenvalue weighted by atomic mass is 32.3. The summed E-state index contributed by atoms with van der Waals surface area (Å²) in [4.78, 5) is 0. The van der Waals surface area contributed by atoms with Gasteiger partial charge in [0.25, 0.3) is 10.1 Å². The van der Waals surface area contributed by atoms with Crippen LogP contribution in [0.4, 0.5) is 0 Å². The summed E-state index contributed by atoms with van der Waals surface area (Å²) >= 11 is 1.31. The maximum atomic E-state index is 10.4. The molecular formula is C4H8O3S2. The van der Waals surface area contributed by atoms with Crippen molar-refractivity contribution in [1.82, 2.24) is 0 Å². The molecule has 1 saturated heterocycles. The Hall–Kier alpha value is 0.260. The summed E-state index contributed by atoms with van der Waals surface area (Å²) in [6, 6.07) is 0. The van der Waals surface area contributed by atoms with E-state index in [1.54, 1.807) is 0 Å². The van der Waals surface area contributed by atoms with Crippen LogP contribution in [-0.4, -0.2) is 23.3 Å². The lowest BCUT2D eigenvalue weighted by molar-refractivity contribution is 0.478. The molecule has 0 aromatic heterocycles. The van der Waals surface area contributed by atoms with Gasteiger partial charge in [-0.15, -0.1) is 11.8 Å². The molecule has 1 aliphatic heterocycles. The lowest BCUT2D eigenvalue weighted by Gasteiger charge is -2.00. The second-order valence-corrected chi connectivity index (χ2v) is 5.17. The zero-order valence-electron chi connectivity index (χ0n) is 4.78. The molecule has 1 aliphatic rings. The molecule has 0 radical (unpaired) electrons. The zero-order chi connectivity index (χ0) is 6.91. The molecular weight excluding hydrogens is 160 g/mol. The molecule has 1 atom stereocenters. The fourth-order valence-electron chi connectivity index (χ4n) is 0.783. The molecule has 1 rings (SSSR count). The third kappa shape index (κ3) is 1.84. The minimum Gasteiger partial charge on any atom is -0.285 e. The smallest absolute Gasteiger partial charge is 0.277 e. The van der Waals surface area contributed by atoms with Crippen molar-refractivity contribution in [3.05, 3.63) is 0 Å². The number of rotatable bonds is 1. The van der Waals surface area contributed by atoms with Crippen LogP contribution in [0.3, 0.4) is 0 Å². The Morgan fingerprint density at radius 1 is 1.56 bits per heavy atom. The predicted octanol–water partition coefficient (Wildman–Crippen LogP) is 0.727. The topological polar surface area (TPSA) is 54.4 Å². The highest BCUT2D eigenvalue weighted by molar-refractivity contribution is 8.11. The van der Waals surface area contributed by atoms with E-state index in [0.717, 1.165) is 12.2 Å². The monoisotopic (exact) mass is 168 g/mol. The van der Waals surface area contributed by atoms with Gasteiger partial charge in [-0.1, -0.05) is 0 Å². The molecule has 9 heavy (non-hydrogen) atoms. The van der Waals surface area contributed by atoms with Gasteiger partial charge in [-0.25, -0.2) is 0 Å². The first kappa shape index (κ1) is 7.37. The van der Waals surface area contributed by atoms with Crippen molar-refractivity contribution in [3.8, 4) is 0 Å². The van der Waals surface area contributed by atoms with Crippen molar-refractivity contribution >= 4 is 21.9 Å². The van der Waals surface area contributed by atoms with Crippen LogP contribution < -0.4 is 0 Å². The molecule has 5 heteroatoms.